The first-order valence-electron chi connectivity index (χ1n) is 5.56. The molecule has 18 heavy (non-hydrogen) atoms. The van der Waals surface area contributed by atoms with Gasteiger partial charge in [0.25, 0.3) is 0 Å². The average molecular weight is 254 g/mol. The van der Waals surface area contributed by atoms with Crippen LogP contribution >= 0.6 is 0 Å². The largest absolute Gasteiger partial charge is 0.481 e. The summed E-state index contributed by atoms with van der Waals surface area (Å²) in [5, 5.41) is 17.5. The zero-order chi connectivity index (χ0) is 13.2. The van der Waals surface area contributed by atoms with Crippen LogP contribution in [0.3, 0.4) is 0 Å². The molecule has 1 aromatic rings. The van der Waals surface area contributed by atoms with Crippen LogP contribution in [0.4, 0.5) is 4.79 Å². The maximum Gasteiger partial charge on any atom is 0.315 e. The third-order valence-corrected chi connectivity index (χ3v) is 2.86. The predicted molar refractivity (Wildman–Crippen MR) is 58.6 cm³/mol. The van der Waals surface area contributed by atoms with Crippen LogP contribution in [0.2, 0.25) is 0 Å². The van der Waals surface area contributed by atoms with Crippen LogP contribution in [-0.4, -0.2) is 33.8 Å². The van der Waals surface area contributed by atoms with Gasteiger partial charge in [0.2, 0.25) is 5.89 Å². The monoisotopic (exact) mass is 254 g/mol. The molecule has 1 aromatic heterocycles. The van der Waals surface area contributed by atoms with Crippen molar-refractivity contribution in [1.29, 1.82) is 0 Å². The third kappa shape index (κ3) is 2.76. The molecule has 1 fully saturated rings. The van der Waals surface area contributed by atoms with Gasteiger partial charge in [0.15, 0.2) is 5.82 Å². The number of hydrogen-bond donors (Lipinski definition) is 3. The summed E-state index contributed by atoms with van der Waals surface area (Å²) < 4.78 is 4.81. The summed E-state index contributed by atoms with van der Waals surface area (Å²) in [4.78, 5) is 26.2. The molecule has 1 heterocycles. The van der Waals surface area contributed by atoms with Crippen LogP contribution in [0.25, 0.3) is 0 Å². The Balaban J connectivity index is 1.71. The van der Waals surface area contributed by atoms with Crippen molar-refractivity contribution in [3.63, 3.8) is 0 Å². The molecular weight excluding hydrogens is 240 g/mol. The molecule has 0 unspecified atom stereocenters. The molecule has 0 radical (unpaired) electrons. The maximum atomic E-state index is 11.4. The quantitative estimate of drug-likeness (QED) is 0.683. The second kappa shape index (κ2) is 4.63. The van der Waals surface area contributed by atoms with Crippen LogP contribution in [-0.2, 0) is 11.3 Å². The molecule has 0 spiro atoms. The van der Waals surface area contributed by atoms with Gasteiger partial charge < -0.3 is 20.3 Å². The first kappa shape index (κ1) is 12.3. The summed E-state index contributed by atoms with van der Waals surface area (Å²) in [6.07, 6.45) is 1.21. The zero-order valence-corrected chi connectivity index (χ0v) is 9.89. The van der Waals surface area contributed by atoms with Crippen molar-refractivity contribution < 1.29 is 19.2 Å². The lowest BCUT2D eigenvalue weighted by molar-refractivity contribution is -0.143. The summed E-state index contributed by atoms with van der Waals surface area (Å²) in [6, 6.07) is -0.446. The Morgan fingerprint density at radius 2 is 2.17 bits per heavy atom. The van der Waals surface area contributed by atoms with Crippen LogP contribution in [0, 0.1) is 12.3 Å². The molecule has 8 heteroatoms. The number of carboxylic acids is 1. The molecule has 1 saturated carbocycles. The zero-order valence-electron chi connectivity index (χ0n) is 9.89. The highest BCUT2D eigenvalue weighted by atomic mass is 16.5. The lowest BCUT2D eigenvalue weighted by atomic mass is 10.1. The summed E-state index contributed by atoms with van der Waals surface area (Å²) in [5.41, 5.74) is -0.765. The van der Waals surface area contributed by atoms with Gasteiger partial charge in [-0.2, -0.15) is 4.98 Å². The normalized spacial score (nSPS) is 16.1. The topological polar surface area (TPSA) is 117 Å². The van der Waals surface area contributed by atoms with Gasteiger partial charge in [-0.1, -0.05) is 5.16 Å². The fraction of sp³-hybridized carbons (Fsp3) is 0.600. The number of urea groups is 1. The smallest absolute Gasteiger partial charge is 0.315 e. The number of carboxylic acid groups (broad SMARTS) is 1. The number of aryl methyl sites for hydroxylation is 1. The van der Waals surface area contributed by atoms with E-state index in [-0.39, 0.29) is 13.1 Å². The minimum atomic E-state index is -0.865. The van der Waals surface area contributed by atoms with Crippen molar-refractivity contribution >= 4 is 12.0 Å². The summed E-state index contributed by atoms with van der Waals surface area (Å²) in [6.45, 7) is 1.93. The highest BCUT2D eigenvalue weighted by molar-refractivity contribution is 5.80. The van der Waals surface area contributed by atoms with E-state index in [9.17, 15) is 9.59 Å². The standard InChI is InChI=1S/C10H14N4O4/c1-6-13-7(18-14-6)4-11-9(17)12-5-10(2-3-10)8(15)16/h2-5H2,1H3,(H,15,16)(H2,11,12,17). The Morgan fingerprint density at radius 1 is 1.44 bits per heavy atom. The first-order chi connectivity index (χ1) is 8.52. The Bertz CT molecular complexity index is 466. The first-order valence-corrected chi connectivity index (χ1v) is 5.56. The van der Waals surface area contributed by atoms with Gasteiger partial charge >= 0.3 is 12.0 Å². The lowest BCUT2D eigenvalue weighted by Crippen LogP contribution is -2.40. The van der Waals surface area contributed by atoms with E-state index < -0.39 is 17.4 Å². The van der Waals surface area contributed by atoms with Crippen LogP contribution in [0.15, 0.2) is 4.52 Å². The number of carbonyl (C=O) groups excluding carboxylic acids is 1. The number of aromatic nitrogens is 2. The SMILES string of the molecule is Cc1noc(CNC(=O)NCC2(C(=O)O)CC2)n1. The molecule has 3 N–H and O–H groups in total. The maximum absolute atomic E-state index is 11.4. The number of nitrogens with zero attached hydrogens (tertiary/aromatic N) is 2. The van der Waals surface area contributed by atoms with Crippen LogP contribution in [0.1, 0.15) is 24.6 Å². The summed E-state index contributed by atoms with van der Waals surface area (Å²) in [7, 11) is 0. The lowest BCUT2D eigenvalue weighted by Gasteiger charge is -2.11. The number of rotatable bonds is 5. The minimum Gasteiger partial charge on any atom is -0.481 e. The van der Waals surface area contributed by atoms with Crippen LogP contribution < -0.4 is 10.6 Å². The van der Waals surface area contributed by atoms with Gasteiger partial charge in [0, 0.05) is 6.54 Å². The van der Waals surface area contributed by atoms with Gasteiger partial charge in [-0.15, -0.1) is 0 Å². The van der Waals surface area contributed by atoms with Crippen molar-refractivity contribution in [3.8, 4) is 0 Å². The Labute approximate surface area is 103 Å². The van der Waals surface area contributed by atoms with Gasteiger partial charge in [-0.3, -0.25) is 4.79 Å². The summed E-state index contributed by atoms with van der Waals surface area (Å²) in [5.74, 6) is -0.0626. The number of amides is 2. The van der Waals surface area contributed by atoms with E-state index in [2.05, 4.69) is 20.8 Å². The molecule has 0 aromatic carbocycles. The molecule has 98 valence electrons. The molecular formula is C10H14N4O4. The molecule has 0 bridgehead atoms. The number of carbonyl (C=O) groups is 2. The molecule has 0 saturated heterocycles. The number of hydrogen-bond acceptors (Lipinski definition) is 5. The van der Waals surface area contributed by atoms with E-state index in [1.165, 1.54) is 0 Å². The summed E-state index contributed by atoms with van der Waals surface area (Å²) >= 11 is 0. The fourth-order valence-electron chi connectivity index (χ4n) is 1.50. The fourth-order valence-corrected chi connectivity index (χ4v) is 1.50. The van der Waals surface area contributed by atoms with E-state index >= 15 is 0 Å². The van der Waals surface area contributed by atoms with Gasteiger partial charge in [0.1, 0.15) is 0 Å². The third-order valence-electron chi connectivity index (χ3n) is 2.86. The van der Waals surface area contributed by atoms with E-state index in [4.69, 9.17) is 9.63 Å². The molecule has 1 aliphatic rings. The van der Waals surface area contributed by atoms with Gasteiger partial charge in [-0.25, -0.2) is 4.79 Å². The van der Waals surface area contributed by atoms with E-state index in [0.29, 0.717) is 24.6 Å². The van der Waals surface area contributed by atoms with Crippen molar-refractivity contribution in [2.45, 2.75) is 26.3 Å². The second-order valence-corrected chi connectivity index (χ2v) is 4.36. The molecule has 2 rings (SSSR count). The molecule has 8 nitrogen and oxygen atoms in total. The Hall–Kier alpha value is -2.12. The van der Waals surface area contributed by atoms with Crippen molar-refractivity contribution in [2.75, 3.05) is 6.54 Å². The molecule has 0 aliphatic heterocycles. The van der Waals surface area contributed by atoms with Crippen LogP contribution in [0.5, 0.6) is 0 Å². The van der Waals surface area contributed by atoms with Crippen molar-refractivity contribution in [2.24, 2.45) is 5.41 Å². The second-order valence-electron chi connectivity index (χ2n) is 4.36. The molecule has 2 amide bonds. The van der Waals surface area contributed by atoms with Crippen molar-refractivity contribution in [3.05, 3.63) is 11.7 Å². The van der Waals surface area contributed by atoms with E-state index in [1.54, 1.807) is 6.92 Å². The van der Waals surface area contributed by atoms with Gasteiger partial charge in [0.05, 0.1) is 12.0 Å². The predicted octanol–water partition coefficient (Wildman–Crippen LogP) is 0.0420. The number of nitrogens with one attached hydrogen (secondary N) is 2. The highest BCUT2D eigenvalue weighted by Crippen LogP contribution is 2.45. The molecule has 0 atom stereocenters. The highest BCUT2D eigenvalue weighted by Gasteiger charge is 2.50. The molecule has 1 aliphatic carbocycles. The van der Waals surface area contributed by atoms with E-state index in [0.717, 1.165) is 0 Å². The number of aliphatic carboxylic acids is 1. The van der Waals surface area contributed by atoms with Gasteiger partial charge in [-0.05, 0) is 19.8 Å². The average Bonchev–Trinajstić information content (AvgIpc) is 3.02. The van der Waals surface area contributed by atoms with Crippen molar-refractivity contribution in [1.82, 2.24) is 20.8 Å². The Kier molecular flexibility index (Phi) is 3.17. The minimum absolute atomic E-state index is 0.118. The Morgan fingerprint density at radius 3 is 2.67 bits per heavy atom. The van der Waals surface area contributed by atoms with E-state index in [1.807, 2.05) is 0 Å².